The second kappa shape index (κ2) is 5.96. The molecule has 2 aromatic rings. The molecule has 0 bridgehead atoms. The number of hydrogen-bond acceptors (Lipinski definition) is 1. The summed E-state index contributed by atoms with van der Waals surface area (Å²) in [7, 11) is 0. The van der Waals surface area contributed by atoms with Gasteiger partial charge in [0.2, 0.25) is 0 Å². The Morgan fingerprint density at radius 1 is 1.21 bits per heavy atom. The SMILES string of the molecule is Cc1cccc(C(N)Cc2cc(F)ccc2F)c1I. The standard InChI is InChI=1S/C15H14F2IN/c1-9-3-2-4-12(15(9)18)14(19)8-10-7-11(16)5-6-13(10)17/h2-7,14H,8,19H2,1H3. The highest BCUT2D eigenvalue weighted by molar-refractivity contribution is 14.1. The van der Waals surface area contributed by atoms with E-state index in [4.69, 9.17) is 5.73 Å². The van der Waals surface area contributed by atoms with Gasteiger partial charge in [0.1, 0.15) is 11.6 Å². The highest BCUT2D eigenvalue weighted by Crippen LogP contribution is 2.25. The highest BCUT2D eigenvalue weighted by atomic mass is 127. The van der Waals surface area contributed by atoms with E-state index in [-0.39, 0.29) is 12.5 Å². The van der Waals surface area contributed by atoms with Crippen molar-refractivity contribution in [3.63, 3.8) is 0 Å². The molecule has 4 heteroatoms. The van der Waals surface area contributed by atoms with Crippen molar-refractivity contribution in [2.75, 3.05) is 0 Å². The third kappa shape index (κ3) is 3.30. The second-order valence-corrected chi connectivity index (χ2v) is 5.60. The normalized spacial score (nSPS) is 12.5. The van der Waals surface area contributed by atoms with Crippen LogP contribution in [0, 0.1) is 22.1 Å². The van der Waals surface area contributed by atoms with E-state index in [0.29, 0.717) is 5.56 Å². The Morgan fingerprint density at radius 3 is 2.68 bits per heavy atom. The van der Waals surface area contributed by atoms with Gasteiger partial charge >= 0.3 is 0 Å². The summed E-state index contributed by atoms with van der Waals surface area (Å²) in [5, 5.41) is 0. The maximum Gasteiger partial charge on any atom is 0.126 e. The molecule has 0 radical (unpaired) electrons. The van der Waals surface area contributed by atoms with E-state index in [1.165, 1.54) is 6.07 Å². The van der Waals surface area contributed by atoms with Gasteiger partial charge in [-0.2, -0.15) is 0 Å². The zero-order valence-electron chi connectivity index (χ0n) is 10.5. The second-order valence-electron chi connectivity index (χ2n) is 4.52. The van der Waals surface area contributed by atoms with E-state index in [1.807, 2.05) is 25.1 Å². The Hall–Kier alpha value is -1.01. The van der Waals surface area contributed by atoms with Crippen LogP contribution in [-0.4, -0.2) is 0 Å². The summed E-state index contributed by atoms with van der Waals surface area (Å²) >= 11 is 2.23. The first-order valence-electron chi connectivity index (χ1n) is 5.93. The molecule has 2 rings (SSSR count). The van der Waals surface area contributed by atoms with Crippen molar-refractivity contribution >= 4 is 22.6 Å². The monoisotopic (exact) mass is 373 g/mol. The molecule has 0 saturated heterocycles. The maximum atomic E-state index is 13.6. The largest absolute Gasteiger partial charge is 0.324 e. The zero-order valence-corrected chi connectivity index (χ0v) is 12.6. The molecule has 1 atom stereocenters. The molecule has 1 nitrogen and oxygen atoms in total. The molecule has 1 unspecified atom stereocenters. The minimum Gasteiger partial charge on any atom is -0.324 e. The average molecular weight is 373 g/mol. The van der Waals surface area contributed by atoms with Crippen LogP contribution in [0.2, 0.25) is 0 Å². The van der Waals surface area contributed by atoms with Crippen LogP contribution in [0.3, 0.4) is 0 Å². The Bertz CT molecular complexity index is 599. The van der Waals surface area contributed by atoms with Crippen molar-refractivity contribution in [1.82, 2.24) is 0 Å². The number of hydrogen-bond donors (Lipinski definition) is 1. The van der Waals surface area contributed by atoms with Gasteiger partial charge in [0.15, 0.2) is 0 Å². The van der Waals surface area contributed by atoms with Crippen molar-refractivity contribution in [3.8, 4) is 0 Å². The van der Waals surface area contributed by atoms with Crippen LogP contribution in [0.1, 0.15) is 22.7 Å². The molecule has 0 saturated carbocycles. The number of halogens is 3. The summed E-state index contributed by atoms with van der Waals surface area (Å²) in [6.45, 7) is 2.00. The number of aryl methyl sites for hydroxylation is 1. The summed E-state index contributed by atoms with van der Waals surface area (Å²) in [6.07, 6.45) is 0.281. The summed E-state index contributed by atoms with van der Waals surface area (Å²) in [5.74, 6) is -0.859. The van der Waals surface area contributed by atoms with Crippen LogP contribution in [0.5, 0.6) is 0 Å². The third-order valence-corrected chi connectivity index (χ3v) is 4.54. The number of rotatable bonds is 3. The van der Waals surface area contributed by atoms with Crippen molar-refractivity contribution in [3.05, 3.63) is 68.3 Å². The first-order chi connectivity index (χ1) is 8.99. The number of benzene rings is 2. The van der Waals surface area contributed by atoms with E-state index in [9.17, 15) is 8.78 Å². The lowest BCUT2D eigenvalue weighted by atomic mass is 9.98. The average Bonchev–Trinajstić information content (AvgIpc) is 2.37. The summed E-state index contributed by atoms with van der Waals surface area (Å²) < 4.78 is 27.8. The molecule has 0 aliphatic carbocycles. The minimum absolute atomic E-state index is 0.281. The van der Waals surface area contributed by atoms with Crippen LogP contribution in [-0.2, 0) is 6.42 Å². The first kappa shape index (κ1) is 14.4. The fraction of sp³-hybridized carbons (Fsp3) is 0.200. The summed E-state index contributed by atoms with van der Waals surface area (Å²) in [5.41, 5.74) is 8.53. The smallest absolute Gasteiger partial charge is 0.126 e. The van der Waals surface area contributed by atoms with Gasteiger partial charge in [-0.05, 0) is 70.8 Å². The van der Waals surface area contributed by atoms with Crippen LogP contribution >= 0.6 is 22.6 Å². The van der Waals surface area contributed by atoms with E-state index < -0.39 is 11.6 Å². The van der Waals surface area contributed by atoms with Gasteiger partial charge < -0.3 is 5.73 Å². The molecule has 2 aromatic carbocycles. The molecule has 0 aliphatic rings. The van der Waals surface area contributed by atoms with Gasteiger partial charge in [-0.1, -0.05) is 18.2 Å². The molecular weight excluding hydrogens is 359 g/mol. The van der Waals surface area contributed by atoms with Gasteiger partial charge in [0.25, 0.3) is 0 Å². The molecule has 0 fully saturated rings. The van der Waals surface area contributed by atoms with Crippen LogP contribution < -0.4 is 5.73 Å². The third-order valence-electron chi connectivity index (χ3n) is 3.07. The Labute approximate surface area is 125 Å². The van der Waals surface area contributed by atoms with Crippen molar-refractivity contribution in [2.24, 2.45) is 5.73 Å². The van der Waals surface area contributed by atoms with Gasteiger partial charge in [-0.3, -0.25) is 0 Å². The van der Waals surface area contributed by atoms with Crippen LogP contribution in [0.4, 0.5) is 8.78 Å². The quantitative estimate of drug-likeness (QED) is 0.805. The van der Waals surface area contributed by atoms with Crippen molar-refractivity contribution in [2.45, 2.75) is 19.4 Å². The fourth-order valence-electron chi connectivity index (χ4n) is 2.00. The summed E-state index contributed by atoms with van der Waals surface area (Å²) in [4.78, 5) is 0. The van der Waals surface area contributed by atoms with Gasteiger partial charge in [-0.25, -0.2) is 8.78 Å². The van der Waals surface area contributed by atoms with Crippen LogP contribution in [0.15, 0.2) is 36.4 Å². The molecule has 2 N–H and O–H groups in total. The predicted molar refractivity (Wildman–Crippen MR) is 80.9 cm³/mol. The molecule has 0 heterocycles. The Kier molecular flexibility index (Phi) is 4.52. The van der Waals surface area contributed by atoms with Gasteiger partial charge in [0, 0.05) is 9.61 Å². The van der Waals surface area contributed by atoms with E-state index >= 15 is 0 Å². The molecule has 100 valence electrons. The Balaban J connectivity index is 2.28. The van der Waals surface area contributed by atoms with E-state index in [0.717, 1.165) is 26.8 Å². The Morgan fingerprint density at radius 2 is 1.95 bits per heavy atom. The van der Waals surface area contributed by atoms with Crippen molar-refractivity contribution < 1.29 is 8.78 Å². The molecular formula is C15H14F2IN. The van der Waals surface area contributed by atoms with Gasteiger partial charge in [0.05, 0.1) is 0 Å². The molecule has 0 aliphatic heterocycles. The van der Waals surface area contributed by atoms with Crippen LogP contribution in [0.25, 0.3) is 0 Å². The maximum absolute atomic E-state index is 13.6. The number of nitrogens with two attached hydrogens (primary N) is 1. The topological polar surface area (TPSA) is 26.0 Å². The van der Waals surface area contributed by atoms with Gasteiger partial charge in [-0.15, -0.1) is 0 Å². The predicted octanol–water partition coefficient (Wildman–Crippen LogP) is 4.12. The lowest BCUT2D eigenvalue weighted by Gasteiger charge is -2.16. The lowest BCUT2D eigenvalue weighted by Crippen LogP contribution is -2.16. The lowest BCUT2D eigenvalue weighted by molar-refractivity contribution is 0.572. The summed E-state index contributed by atoms with van der Waals surface area (Å²) in [6, 6.07) is 8.96. The highest BCUT2D eigenvalue weighted by Gasteiger charge is 2.14. The molecule has 0 spiro atoms. The van der Waals surface area contributed by atoms with Crippen molar-refractivity contribution in [1.29, 1.82) is 0 Å². The molecule has 0 aromatic heterocycles. The zero-order chi connectivity index (χ0) is 14.0. The molecule has 0 amide bonds. The first-order valence-corrected chi connectivity index (χ1v) is 7.01. The van der Waals surface area contributed by atoms with E-state index in [2.05, 4.69) is 22.6 Å². The fourth-order valence-corrected chi connectivity index (χ4v) is 2.76. The molecule has 19 heavy (non-hydrogen) atoms. The minimum atomic E-state index is -0.442. The van der Waals surface area contributed by atoms with E-state index in [1.54, 1.807) is 0 Å².